The average molecular weight is 333 g/mol. The van der Waals surface area contributed by atoms with Crippen molar-refractivity contribution in [2.45, 2.75) is 26.3 Å². The van der Waals surface area contributed by atoms with E-state index in [4.69, 9.17) is 0 Å². The highest BCUT2D eigenvalue weighted by atomic mass is 16.2. The van der Waals surface area contributed by atoms with Gasteiger partial charge in [-0.2, -0.15) is 0 Å². The van der Waals surface area contributed by atoms with E-state index in [1.165, 1.54) is 0 Å². The second kappa shape index (κ2) is 6.16. The van der Waals surface area contributed by atoms with Crippen molar-refractivity contribution < 1.29 is 4.79 Å². The quantitative estimate of drug-likeness (QED) is 0.722. The van der Waals surface area contributed by atoms with Gasteiger partial charge >= 0.3 is 0 Å². The number of carbonyl (C=O) groups is 1. The maximum Gasteiger partial charge on any atom is 0.263 e. The van der Waals surface area contributed by atoms with Crippen molar-refractivity contribution in [2.24, 2.45) is 0 Å². The van der Waals surface area contributed by atoms with Crippen molar-refractivity contribution in [3.05, 3.63) is 81.4 Å². The zero-order chi connectivity index (χ0) is 17.4. The molecule has 0 aliphatic carbocycles. The van der Waals surface area contributed by atoms with Gasteiger partial charge in [0.2, 0.25) is 5.91 Å². The van der Waals surface area contributed by atoms with Gasteiger partial charge in [0.05, 0.1) is 24.2 Å². The average Bonchev–Trinajstić information content (AvgIpc) is 2.63. The molecule has 0 fully saturated rings. The summed E-state index contributed by atoms with van der Waals surface area (Å²) in [6.07, 6.45) is 2.72. The van der Waals surface area contributed by atoms with Gasteiger partial charge in [0, 0.05) is 19.2 Å². The molecule has 0 bridgehead atoms. The van der Waals surface area contributed by atoms with Crippen LogP contribution in [0.15, 0.2) is 53.5 Å². The molecule has 1 aliphatic rings. The van der Waals surface area contributed by atoms with Gasteiger partial charge in [-0.15, -0.1) is 0 Å². The summed E-state index contributed by atoms with van der Waals surface area (Å²) in [7, 11) is 0. The van der Waals surface area contributed by atoms with E-state index < -0.39 is 0 Å². The predicted molar refractivity (Wildman–Crippen MR) is 95.5 cm³/mol. The van der Waals surface area contributed by atoms with E-state index in [0.717, 1.165) is 16.8 Å². The van der Waals surface area contributed by atoms with Crippen molar-refractivity contribution in [1.29, 1.82) is 0 Å². The highest BCUT2D eigenvalue weighted by Crippen LogP contribution is 2.17. The molecule has 3 aromatic rings. The zero-order valence-electron chi connectivity index (χ0n) is 14.1. The van der Waals surface area contributed by atoms with E-state index in [-0.39, 0.29) is 11.5 Å². The molecule has 0 unspecified atom stereocenters. The standard InChI is InChI=1S/C20H19N3O2/c1-14-6-5-10-23-19(14)21-17-9-11-22(13-16(17)20(23)25)18(24)12-15-7-3-2-4-8-15/h2-8,10H,9,11-13H2,1H3. The van der Waals surface area contributed by atoms with Crippen LogP contribution in [0.25, 0.3) is 5.65 Å². The second-order valence-corrected chi connectivity index (χ2v) is 6.45. The number of amides is 1. The Morgan fingerprint density at radius 1 is 1.16 bits per heavy atom. The third kappa shape index (κ3) is 2.82. The van der Waals surface area contributed by atoms with Crippen molar-refractivity contribution in [2.75, 3.05) is 6.54 Å². The fraction of sp³-hybridized carbons (Fsp3) is 0.250. The van der Waals surface area contributed by atoms with E-state index >= 15 is 0 Å². The Hall–Kier alpha value is -2.95. The van der Waals surface area contributed by atoms with Crippen LogP contribution in [0, 0.1) is 6.92 Å². The molecule has 0 saturated heterocycles. The maximum atomic E-state index is 12.8. The Balaban J connectivity index is 1.65. The van der Waals surface area contributed by atoms with Gasteiger partial charge in [0.15, 0.2) is 0 Å². The van der Waals surface area contributed by atoms with Gasteiger partial charge < -0.3 is 4.90 Å². The van der Waals surface area contributed by atoms with Crippen molar-refractivity contribution in [1.82, 2.24) is 14.3 Å². The second-order valence-electron chi connectivity index (χ2n) is 6.45. The molecule has 0 spiro atoms. The minimum absolute atomic E-state index is 0.0468. The number of hydrogen-bond acceptors (Lipinski definition) is 3. The monoisotopic (exact) mass is 333 g/mol. The largest absolute Gasteiger partial charge is 0.337 e. The Kier molecular flexibility index (Phi) is 3.84. The Bertz CT molecular complexity index is 1010. The molecule has 0 saturated carbocycles. The number of nitrogens with zero attached hydrogens (tertiary/aromatic N) is 3. The molecule has 0 N–H and O–H groups in total. The number of carbonyl (C=O) groups excluding carboxylic acids is 1. The lowest BCUT2D eigenvalue weighted by Crippen LogP contribution is -2.40. The molecule has 0 atom stereocenters. The fourth-order valence-corrected chi connectivity index (χ4v) is 3.35. The summed E-state index contributed by atoms with van der Waals surface area (Å²) >= 11 is 0. The summed E-state index contributed by atoms with van der Waals surface area (Å²) in [6.45, 7) is 2.89. The third-order valence-electron chi connectivity index (χ3n) is 4.75. The van der Waals surface area contributed by atoms with Gasteiger partial charge in [0.1, 0.15) is 5.65 Å². The first-order chi connectivity index (χ1) is 12.1. The first kappa shape index (κ1) is 15.6. The lowest BCUT2D eigenvalue weighted by atomic mass is 10.0. The predicted octanol–water partition coefficient (Wildman–Crippen LogP) is 2.13. The van der Waals surface area contributed by atoms with Crippen LogP contribution in [-0.2, 0) is 24.2 Å². The van der Waals surface area contributed by atoms with Crippen molar-refractivity contribution >= 4 is 11.6 Å². The van der Waals surface area contributed by atoms with Gasteiger partial charge in [-0.3, -0.25) is 14.0 Å². The molecule has 126 valence electrons. The molecule has 25 heavy (non-hydrogen) atoms. The number of aryl methyl sites for hydroxylation is 1. The van der Waals surface area contributed by atoms with Gasteiger partial charge in [0.25, 0.3) is 5.56 Å². The summed E-state index contributed by atoms with van der Waals surface area (Å²) in [5.41, 5.74) is 4.06. The molecule has 1 amide bonds. The minimum atomic E-state index is -0.0686. The fourth-order valence-electron chi connectivity index (χ4n) is 3.35. The SMILES string of the molecule is Cc1cccn2c(=O)c3c(nc12)CCN(C(=O)Cc1ccccc1)C3. The molecule has 4 rings (SSSR count). The lowest BCUT2D eigenvalue weighted by Gasteiger charge is -2.28. The van der Waals surface area contributed by atoms with Gasteiger partial charge in [-0.1, -0.05) is 36.4 Å². The molecule has 1 aliphatic heterocycles. The molecule has 1 aromatic carbocycles. The lowest BCUT2D eigenvalue weighted by molar-refractivity contribution is -0.131. The molecule has 0 radical (unpaired) electrons. The van der Waals surface area contributed by atoms with Gasteiger partial charge in [-0.05, 0) is 24.1 Å². The van der Waals surface area contributed by atoms with Crippen LogP contribution in [0.4, 0.5) is 0 Å². The van der Waals surface area contributed by atoms with Crippen LogP contribution in [0.5, 0.6) is 0 Å². The highest BCUT2D eigenvalue weighted by Gasteiger charge is 2.25. The highest BCUT2D eigenvalue weighted by molar-refractivity contribution is 5.79. The molecular weight excluding hydrogens is 314 g/mol. The first-order valence-electron chi connectivity index (χ1n) is 8.45. The van der Waals surface area contributed by atoms with Crippen molar-refractivity contribution in [3.8, 4) is 0 Å². The van der Waals surface area contributed by atoms with Crippen LogP contribution >= 0.6 is 0 Å². The summed E-state index contributed by atoms with van der Waals surface area (Å²) < 4.78 is 1.58. The molecule has 2 aromatic heterocycles. The van der Waals surface area contributed by atoms with E-state index in [9.17, 15) is 9.59 Å². The van der Waals surface area contributed by atoms with E-state index in [0.29, 0.717) is 37.1 Å². The molecule has 5 nitrogen and oxygen atoms in total. The number of aromatic nitrogens is 2. The number of hydrogen-bond donors (Lipinski definition) is 0. The minimum Gasteiger partial charge on any atom is -0.337 e. The number of fused-ring (bicyclic) bond motifs is 2. The van der Waals surface area contributed by atoms with Crippen LogP contribution in [0.2, 0.25) is 0 Å². The topological polar surface area (TPSA) is 54.7 Å². The first-order valence-corrected chi connectivity index (χ1v) is 8.45. The Labute approximate surface area is 145 Å². The third-order valence-corrected chi connectivity index (χ3v) is 4.75. The van der Waals surface area contributed by atoms with Crippen molar-refractivity contribution in [3.63, 3.8) is 0 Å². The molecule has 3 heterocycles. The van der Waals surface area contributed by atoms with Crippen LogP contribution in [-0.4, -0.2) is 26.7 Å². The van der Waals surface area contributed by atoms with Crippen LogP contribution in [0.1, 0.15) is 22.4 Å². The summed E-state index contributed by atoms with van der Waals surface area (Å²) in [6, 6.07) is 13.5. The number of pyridine rings is 1. The molecular formula is C20H19N3O2. The summed E-state index contributed by atoms with van der Waals surface area (Å²) in [5, 5.41) is 0. The number of rotatable bonds is 2. The summed E-state index contributed by atoms with van der Waals surface area (Å²) in [4.78, 5) is 31.9. The van der Waals surface area contributed by atoms with Crippen LogP contribution < -0.4 is 5.56 Å². The van der Waals surface area contributed by atoms with E-state index in [1.807, 2.05) is 49.4 Å². The Morgan fingerprint density at radius 3 is 2.76 bits per heavy atom. The van der Waals surface area contributed by atoms with E-state index in [1.54, 1.807) is 15.5 Å². The van der Waals surface area contributed by atoms with Crippen LogP contribution in [0.3, 0.4) is 0 Å². The number of benzene rings is 1. The maximum absolute atomic E-state index is 12.8. The normalized spacial score (nSPS) is 13.7. The smallest absolute Gasteiger partial charge is 0.263 e. The van der Waals surface area contributed by atoms with Gasteiger partial charge in [-0.25, -0.2) is 4.98 Å². The zero-order valence-corrected chi connectivity index (χ0v) is 14.1. The Morgan fingerprint density at radius 2 is 1.96 bits per heavy atom. The molecule has 5 heteroatoms. The van der Waals surface area contributed by atoms with E-state index in [2.05, 4.69) is 4.98 Å². The summed E-state index contributed by atoms with van der Waals surface area (Å²) in [5.74, 6) is 0.0468.